The van der Waals surface area contributed by atoms with Gasteiger partial charge < -0.3 is 25.6 Å². The number of carbonyl (C=O) groups excluding carboxylic acids is 1. The first kappa shape index (κ1) is 18.8. The highest BCUT2D eigenvalue weighted by molar-refractivity contribution is 5.76. The number of methoxy groups -OCH3 is 2. The predicted octanol–water partition coefficient (Wildman–Crippen LogP) is 1.94. The maximum Gasteiger partial charge on any atom is 0.222 e. The van der Waals surface area contributed by atoms with Gasteiger partial charge in [-0.25, -0.2) is 0 Å². The molecule has 0 aliphatic rings. The van der Waals surface area contributed by atoms with E-state index in [1.165, 1.54) is 7.11 Å². The van der Waals surface area contributed by atoms with E-state index in [0.29, 0.717) is 17.1 Å². The largest absolute Gasteiger partial charge is 0.497 e. The molecular weight excluding hydrogens is 320 g/mol. The van der Waals surface area contributed by atoms with Crippen molar-refractivity contribution >= 4 is 5.91 Å². The Hall–Kier alpha value is -2.57. The smallest absolute Gasteiger partial charge is 0.222 e. The van der Waals surface area contributed by atoms with Gasteiger partial charge in [0.15, 0.2) is 0 Å². The molecule has 0 spiro atoms. The van der Waals surface area contributed by atoms with E-state index in [4.69, 9.17) is 15.2 Å². The maximum absolute atomic E-state index is 12.1. The Bertz CT molecular complexity index is 691. The third-order valence-electron chi connectivity index (χ3n) is 3.92. The molecular formula is C19H24N2O4. The average molecular weight is 344 g/mol. The van der Waals surface area contributed by atoms with E-state index < -0.39 is 6.10 Å². The van der Waals surface area contributed by atoms with Crippen molar-refractivity contribution in [2.45, 2.75) is 18.6 Å². The molecule has 0 radical (unpaired) electrons. The van der Waals surface area contributed by atoms with Crippen molar-refractivity contribution in [3.8, 4) is 11.5 Å². The van der Waals surface area contributed by atoms with Gasteiger partial charge in [0.2, 0.25) is 5.91 Å². The number of hydrogen-bond acceptors (Lipinski definition) is 5. The van der Waals surface area contributed by atoms with Crippen LogP contribution in [0.3, 0.4) is 0 Å². The highest BCUT2D eigenvalue weighted by Gasteiger charge is 2.17. The lowest BCUT2D eigenvalue weighted by Crippen LogP contribution is -2.31. The molecule has 0 aliphatic heterocycles. The number of hydrogen-bond donors (Lipinski definition) is 3. The Morgan fingerprint density at radius 3 is 2.52 bits per heavy atom. The molecule has 0 heterocycles. The summed E-state index contributed by atoms with van der Waals surface area (Å²) in [4.78, 5) is 12.1. The van der Waals surface area contributed by atoms with E-state index in [1.54, 1.807) is 25.3 Å². The molecule has 0 saturated heterocycles. The van der Waals surface area contributed by atoms with Gasteiger partial charge >= 0.3 is 0 Å². The van der Waals surface area contributed by atoms with Gasteiger partial charge in [0, 0.05) is 24.6 Å². The normalized spacial score (nSPS) is 13.0. The molecule has 0 aliphatic carbocycles. The average Bonchev–Trinajstić information content (AvgIpc) is 2.66. The molecule has 1 amide bonds. The predicted molar refractivity (Wildman–Crippen MR) is 95.5 cm³/mol. The lowest BCUT2D eigenvalue weighted by atomic mass is 10.0. The fraction of sp³-hybridized carbons (Fsp3) is 0.316. The van der Waals surface area contributed by atoms with Gasteiger partial charge in [-0.15, -0.1) is 0 Å². The molecule has 2 aromatic carbocycles. The van der Waals surface area contributed by atoms with E-state index in [1.807, 2.05) is 30.3 Å². The summed E-state index contributed by atoms with van der Waals surface area (Å²) in [5, 5.41) is 13.1. The molecule has 134 valence electrons. The Labute approximate surface area is 147 Å². The summed E-state index contributed by atoms with van der Waals surface area (Å²) in [7, 11) is 3.07. The number of ether oxygens (including phenoxy) is 2. The maximum atomic E-state index is 12.1. The third-order valence-corrected chi connectivity index (χ3v) is 3.92. The van der Waals surface area contributed by atoms with Gasteiger partial charge in [0.05, 0.1) is 20.3 Å². The molecule has 2 aromatic rings. The van der Waals surface area contributed by atoms with Crippen molar-refractivity contribution in [3.05, 3.63) is 59.7 Å². The first-order valence-electron chi connectivity index (χ1n) is 8.02. The topological polar surface area (TPSA) is 93.8 Å². The number of nitrogens with one attached hydrogen (secondary N) is 1. The molecule has 0 aromatic heterocycles. The van der Waals surface area contributed by atoms with E-state index >= 15 is 0 Å². The Kier molecular flexibility index (Phi) is 6.80. The number of aliphatic hydroxyl groups excluding tert-OH is 1. The quantitative estimate of drug-likeness (QED) is 0.680. The molecule has 2 atom stereocenters. The minimum absolute atomic E-state index is 0.0594. The van der Waals surface area contributed by atoms with E-state index in [9.17, 15) is 9.90 Å². The summed E-state index contributed by atoms with van der Waals surface area (Å²) in [5.41, 5.74) is 7.48. The van der Waals surface area contributed by atoms with Gasteiger partial charge in [-0.2, -0.15) is 0 Å². The molecule has 6 nitrogen and oxygen atoms in total. The number of rotatable bonds is 8. The lowest BCUT2D eigenvalue weighted by Gasteiger charge is -2.17. The van der Waals surface area contributed by atoms with Crippen LogP contribution in [0.2, 0.25) is 0 Å². The zero-order valence-corrected chi connectivity index (χ0v) is 14.4. The second-order valence-corrected chi connectivity index (χ2v) is 5.65. The zero-order chi connectivity index (χ0) is 18.2. The zero-order valence-electron chi connectivity index (χ0n) is 14.4. The van der Waals surface area contributed by atoms with Crippen molar-refractivity contribution in [2.24, 2.45) is 5.73 Å². The van der Waals surface area contributed by atoms with Crippen LogP contribution in [0, 0.1) is 0 Å². The van der Waals surface area contributed by atoms with Crippen molar-refractivity contribution in [3.63, 3.8) is 0 Å². The van der Waals surface area contributed by atoms with E-state index in [0.717, 1.165) is 5.56 Å². The standard InChI is InChI=1S/C19H24N2O4/c1-24-14-8-9-18(25-2)15(10-14)17(22)12-21-19(23)11-16(20)13-6-4-3-5-7-13/h3-10,16-17,22H,11-12,20H2,1-2H3,(H,21,23). The summed E-state index contributed by atoms with van der Waals surface area (Å²) in [6.07, 6.45) is -0.770. The summed E-state index contributed by atoms with van der Waals surface area (Å²) in [5.74, 6) is 0.910. The molecule has 0 bridgehead atoms. The third kappa shape index (κ3) is 5.20. The summed E-state index contributed by atoms with van der Waals surface area (Å²) < 4.78 is 10.4. The molecule has 4 N–H and O–H groups in total. The van der Waals surface area contributed by atoms with Crippen LogP contribution < -0.4 is 20.5 Å². The molecule has 25 heavy (non-hydrogen) atoms. The molecule has 6 heteroatoms. The second kappa shape index (κ2) is 9.05. The van der Waals surface area contributed by atoms with Crippen LogP contribution in [0.25, 0.3) is 0 Å². The Morgan fingerprint density at radius 1 is 1.16 bits per heavy atom. The van der Waals surface area contributed by atoms with Gasteiger partial charge in [-0.3, -0.25) is 4.79 Å². The monoisotopic (exact) mass is 344 g/mol. The van der Waals surface area contributed by atoms with Crippen LogP contribution in [0.15, 0.2) is 48.5 Å². The minimum atomic E-state index is -0.915. The highest BCUT2D eigenvalue weighted by Crippen LogP contribution is 2.29. The van der Waals surface area contributed by atoms with Gasteiger partial charge in [-0.05, 0) is 23.8 Å². The van der Waals surface area contributed by atoms with Crippen molar-refractivity contribution in [2.75, 3.05) is 20.8 Å². The van der Waals surface area contributed by atoms with Crippen molar-refractivity contribution in [1.82, 2.24) is 5.32 Å². The molecule has 2 rings (SSSR count). The van der Waals surface area contributed by atoms with Gasteiger partial charge in [-0.1, -0.05) is 30.3 Å². The summed E-state index contributed by atoms with van der Waals surface area (Å²) in [6.45, 7) is 0.0594. The van der Waals surface area contributed by atoms with E-state index in [-0.39, 0.29) is 24.9 Å². The van der Waals surface area contributed by atoms with Crippen LogP contribution in [0.1, 0.15) is 29.7 Å². The van der Waals surface area contributed by atoms with Gasteiger partial charge in [0.1, 0.15) is 11.5 Å². The highest BCUT2D eigenvalue weighted by atomic mass is 16.5. The Morgan fingerprint density at radius 2 is 1.88 bits per heavy atom. The van der Waals surface area contributed by atoms with Crippen molar-refractivity contribution < 1.29 is 19.4 Å². The number of carbonyl (C=O) groups is 1. The molecule has 0 saturated carbocycles. The van der Waals surface area contributed by atoms with Crippen LogP contribution >= 0.6 is 0 Å². The second-order valence-electron chi connectivity index (χ2n) is 5.65. The van der Waals surface area contributed by atoms with Crippen molar-refractivity contribution in [1.29, 1.82) is 0 Å². The number of nitrogens with two attached hydrogens (primary N) is 1. The number of benzene rings is 2. The van der Waals surface area contributed by atoms with Crippen LogP contribution in [-0.4, -0.2) is 31.8 Å². The fourth-order valence-electron chi connectivity index (χ4n) is 2.51. The van der Waals surface area contributed by atoms with Crippen LogP contribution in [0.5, 0.6) is 11.5 Å². The van der Waals surface area contributed by atoms with Crippen LogP contribution in [-0.2, 0) is 4.79 Å². The SMILES string of the molecule is COc1ccc(OC)c(C(O)CNC(=O)CC(N)c2ccccc2)c1. The molecule has 2 unspecified atom stereocenters. The Balaban J connectivity index is 1.93. The number of amides is 1. The van der Waals surface area contributed by atoms with E-state index in [2.05, 4.69) is 5.32 Å². The number of aliphatic hydroxyl groups is 1. The lowest BCUT2D eigenvalue weighted by molar-refractivity contribution is -0.121. The molecule has 0 fully saturated rings. The first-order chi connectivity index (χ1) is 12.0. The van der Waals surface area contributed by atoms with Crippen LogP contribution in [0.4, 0.5) is 0 Å². The summed E-state index contributed by atoms with van der Waals surface area (Å²) >= 11 is 0. The first-order valence-corrected chi connectivity index (χ1v) is 8.02. The van der Waals surface area contributed by atoms with Gasteiger partial charge in [0.25, 0.3) is 0 Å². The summed E-state index contributed by atoms with van der Waals surface area (Å²) in [6, 6.07) is 14.2. The fourth-order valence-corrected chi connectivity index (χ4v) is 2.51. The minimum Gasteiger partial charge on any atom is -0.497 e.